The lowest BCUT2D eigenvalue weighted by Crippen LogP contribution is -2.46. The Morgan fingerprint density at radius 3 is 2.45 bits per heavy atom. The number of nitrogens with zero attached hydrogens (tertiary/aromatic N) is 1. The number of rotatable bonds is 6. The molecule has 0 spiro atoms. The van der Waals surface area contributed by atoms with Crippen LogP contribution < -0.4 is 4.72 Å². The third kappa shape index (κ3) is 5.20. The molecule has 11 heteroatoms. The molecule has 2 aromatic carbocycles. The molecule has 0 fully saturated rings. The van der Waals surface area contributed by atoms with Crippen LogP contribution in [-0.2, 0) is 26.3 Å². The number of hydrogen-bond acceptors (Lipinski definition) is 6. The van der Waals surface area contributed by atoms with Crippen molar-refractivity contribution in [1.29, 1.82) is 0 Å². The summed E-state index contributed by atoms with van der Waals surface area (Å²) in [4.78, 5) is 12.6. The summed E-state index contributed by atoms with van der Waals surface area (Å²) in [5.74, 6) is -0.690. The van der Waals surface area contributed by atoms with Crippen molar-refractivity contribution in [2.24, 2.45) is 0 Å². The highest BCUT2D eigenvalue weighted by Crippen LogP contribution is 2.39. The highest BCUT2D eigenvalue weighted by molar-refractivity contribution is 7.87. The number of carbonyl (C=O) groups excluding carboxylic acids is 1. The Morgan fingerprint density at radius 1 is 1.19 bits per heavy atom. The largest absolute Gasteiger partial charge is 0.463 e. The molecule has 166 valence electrons. The van der Waals surface area contributed by atoms with E-state index in [4.69, 9.17) is 27.9 Å². The molecule has 0 saturated carbocycles. The second-order valence-electron chi connectivity index (χ2n) is 6.67. The molecule has 1 heterocycles. The van der Waals surface area contributed by atoms with Crippen LogP contribution in [0.1, 0.15) is 35.9 Å². The van der Waals surface area contributed by atoms with E-state index in [1.165, 1.54) is 18.2 Å². The van der Waals surface area contributed by atoms with Crippen LogP contribution in [0, 0.1) is 0 Å². The predicted octanol–water partition coefficient (Wildman–Crippen LogP) is 2.81. The summed E-state index contributed by atoms with van der Waals surface area (Å²) < 4.78 is 34.3. The Hall–Kier alpha value is -2.14. The third-order valence-electron chi connectivity index (χ3n) is 4.64. The minimum atomic E-state index is -4.05. The molecule has 0 amide bonds. The molecule has 3 N–H and O–H groups in total. The van der Waals surface area contributed by atoms with Gasteiger partial charge in [0.2, 0.25) is 0 Å². The number of halogens is 2. The summed E-state index contributed by atoms with van der Waals surface area (Å²) in [6.07, 6.45) is -0.543. The van der Waals surface area contributed by atoms with Gasteiger partial charge in [-0.25, -0.2) is 4.79 Å². The smallest absolute Gasteiger partial charge is 0.337 e. The van der Waals surface area contributed by atoms with Gasteiger partial charge in [0, 0.05) is 28.4 Å². The minimum absolute atomic E-state index is 0.0586. The van der Waals surface area contributed by atoms with Crippen molar-refractivity contribution in [3.05, 3.63) is 81.0 Å². The van der Waals surface area contributed by atoms with Crippen LogP contribution >= 0.6 is 23.2 Å². The van der Waals surface area contributed by atoms with Gasteiger partial charge in [0.15, 0.2) is 6.29 Å². The van der Waals surface area contributed by atoms with Gasteiger partial charge >= 0.3 is 16.2 Å². The van der Waals surface area contributed by atoms with E-state index in [0.29, 0.717) is 16.1 Å². The van der Waals surface area contributed by atoms with Crippen molar-refractivity contribution in [3.8, 4) is 0 Å². The number of hydrogen-bond donors (Lipinski definition) is 3. The Balaban J connectivity index is 2.09. The van der Waals surface area contributed by atoms with Gasteiger partial charge in [0.25, 0.3) is 0 Å². The van der Waals surface area contributed by atoms with Crippen LogP contribution in [0.5, 0.6) is 0 Å². The quantitative estimate of drug-likeness (QED) is 0.426. The molecule has 2 aromatic rings. The van der Waals surface area contributed by atoms with Crippen molar-refractivity contribution in [3.63, 3.8) is 0 Å². The van der Waals surface area contributed by atoms with Crippen molar-refractivity contribution in [2.75, 3.05) is 6.61 Å². The zero-order chi connectivity index (χ0) is 22.8. The molecule has 1 atom stereocenters. The maximum Gasteiger partial charge on any atom is 0.337 e. The van der Waals surface area contributed by atoms with Crippen LogP contribution in [0.15, 0.2) is 54.2 Å². The lowest BCUT2D eigenvalue weighted by molar-refractivity contribution is -0.139. The summed E-state index contributed by atoms with van der Waals surface area (Å²) in [5.41, 5.74) is 1.23. The summed E-state index contributed by atoms with van der Waals surface area (Å²) in [6, 6.07) is 9.56. The van der Waals surface area contributed by atoms with Crippen LogP contribution in [-0.4, -0.2) is 35.5 Å². The first-order valence-electron chi connectivity index (χ1n) is 9.20. The molecule has 8 nitrogen and oxygen atoms in total. The molecule has 3 rings (SSSR count). The first-order chi connectivity index (χ1) is 14.6. The zero-order valence-electron chi connectivity index (χ0n) is 16.3. The van der Waals surface area contributed by atoms with Gasteiger partial charge in [-0.2, -0.15) is 12.7 Å². The lowest BCUT2D eigenvalue weighted by Gasteiger charge is -2.35. The number of nitrogens with one attached hydrogen (secondary N) is 1. The van der Waals surface area contributed by atoms with Crippen molar-refractivity contribution < 1.29 is 28.2 Å². The number of aliphatic hydroxyl groups is 2. The fraction of sp³-hybridized carbons (Fsp3) is 0.250. The molecule has 1 aliphatic rings. The average molecular weight is 487 g/mol. The average Bonchev–Trinajstić information content (AvgIpc) is 2.70. The van der Waals surface area contributed by atoms with E-state index in [9.17, 15) is 23.4 Å². The number of carbonyl (C=O) groups is 1. The summed E-state index contributed by atoms with van der Waals surface area (Å²) in [6.45, 7) is 1.62. The van der Waals surface area contributed by atoms with E-state index in [1.54, 1.807) is 31.2 Å². The van der Waals surface area contributed by atoms with Gasteiger partial charge < -0.3 is 14.9 Å². The van der Waals surface area contributed by atoms with Crippen molar-refractivity contribution in [2.45, 2.75) is 25.8 Å². The third-order valence-corrected chi connectivity index (χ3v) is 6.57. The molecule has 1 aliphatic heterocycles. The van der Waals surface area contributed by atoms with Crippen LogP contribution in [0.25, 0.3) is 0 Å². The number of ether oxygens (including phenoxy) is 1. The number of benzene rings is 2. The lowest BCUT2D eigenvalue weighted by atomic mass is 9.98. The molecule has 31 heavy (non-hydrogen) atoms. The standard InChI is InChI=1S/C20H20Cl2N2O6S/c1-2-30-20(27)16-10-23-31(28,29)24(11-12-3-5-13(6-4-12)19(25)26)18(16)15-8-7-14(21)9-17(15)22/h3-10,18-19,23,25-26H,2,11H2,1H3. The van der Waals surface area contributed by atoms with Gasteiger partial charge in [-0.3, -0.25) is 4.72 Å². The summed E-state index contributed by atoms with van der Waals surface area (Å²) in [7, 11) is -4.05. The van der Waals surface area contributed by atoms with Gasteiger partial charge in [-0.1, -0.05) is 53.5 Å². The Morgan fingerprint density at radius 2 is 1.87 bits per heavy atom. The zero-order valence-corrected chi connectivity index (χ0v) is 18.7. The van der Waals surface area contributed by atoms with Crippen LogP contribution in [0.4, 0.5) is 0 Å². The molecule has 0 aromatic heterocycles. The van der Waals surface area contributed by atoms with Crippen LogP contribution in [0.2, 0.25) is 10.0 Å². The monoisotopic (exact) mass is 486 g/mol. The second kappa shape index (κ2) is 9.56. The van der Waals surface area contributed by atoms with Crippen molar-refractivity contribution >= 4 is 39.4 Å². The van der Waals surface area contributed by atoms with Gasteiger partial charge in [-0.05, 0) is 30.2 Å². The second-order valence-corrected chi connectivity index (χ2v) is 9.17. The predicted molar refractivity (Wildman–Crippen MR) is 115 cm³/mol. The molecule has 0 radical (unpaired) electrons. The molecule has 1 unspecified atom stereocenters. The van der Waals surface area contributed by atoms with Gasteiger partial charge in [0.05, 0.1) is 18.2 Å². The molecule has 0 aliphatic carbocycles. The Kier molecular flexibility index (Phi) is 7.25. The van der Waals surface area contributed by atoms with E-state index in [1.807, 2.05) is 0 Å². The normalized spacial score (nSPS) is 18.4. The van der Waals surface area contributed by atoms with Crippen molar-refractivity contribution in [1.82, 2.24) is 9.03 Å². The molecular weight excluding hydrogens is 467 g/mol. The summed E-state index contributed by atoms with van der Waals surface area (Å²) >= 11 is 12.4. The Labute approximate surface area is 189 Å². The van der Waals surface area contributed by atoms with Gasteiger partial charge in [0.1, 0.15) is 0 Å². The topological polar surface area (TPSA) is 116 Å². The fourth-order valence-corrected chi connectivity index (χ4v) is 4.91. The highest BCUT2D eigenvalue weighted by atomic mass is 35.5. The van der Waals surface area contributed by atoms with E-state index in [2.05, 4.69) is 4.72 Å². The Bertz CT molecular complexity index is 1100. The van der Waals surface area contributed by atoms with E-state index >= 15 is 0 Å². The van der Waals surface area contributed by atoms with E-state index in [0.717, 1.165) is 10.5 Å². The fourth-order valence-electron chi connectivity index (χ4n) is 3.16. The SMILES string of the molecule is CCOC(=O)C1=CNS(=O)(=O)N(Cc2ccc(C(O)O)cc2)C1c1ccc(Cl)cc1Cl. The highest BCUT2D eigenvalue weighted by Gasteiger charge is 2.41. The molecular formula is C20H20Cl2N2O6S. The molecule has 0 bridgehead atoms. The first-order valence-corrected chi connectivity index (χ1v) is 11.4. The van der Waals surface area contributed by atoms with Crippen LogP contribution in [0.3, 0.4) is 0 Å². The van der Waals surface area contributed by atoms with E-state index in [-0.39, 0.29) is 29.3 Å². The van der Waals surface area contributed by atoms with E-state index < -0.39 is 28.5 Å². The first kappa shape index (κ1) is 23.5. The number of aliphatic hydroxyl groups excluding tert-OH is 1. The minimum Gasteiger partial charge on any atom is -0.463 e. The maximum absolute atomic E-state index is 12.9. The summed E-state index contributed by atoms with van der Waals surface area (Å²) in [5, 5.41) is 19.1. The maximum atomic E-state index is 12.9. The molecule has 0 saturated heterocycles. The number of esters is 1. The van der Waals surface area contributed by atoms with Gasteiger partial charge in [-0.15, -0.1) is 0 Å².